The minimum atomic E-state index is -0.272. The molecule has 1 aromatic carbocycles. The SMILES string of the molecule is CCCC1(C(=O)c2cc(OC)cc(OC)c2)CCNC1. The highest BCUT2D eigenvalue weighted by molar-refractivity contribution is 6.01. The molecule has 0 aromatic heterocycles. The van der Waals surface area contributed by atoms with Gasteiger partial charge in [-0.3, -0.25) is 4.79 Å². The van der Waals surface area contributed by atoms with Gasteiger partial charge in [-0.15, -0.1) is 0 Å². The molecular formula is C16H23NO3. The van der Waals surface area contributed by atoms with Crippen LogP contribution in [0, 0.1) is 5.41 Å². The number of nitrogens with one attached hydrogen (secondary N) is 1. The number of methoxy groups -OCH3 is 2. The number of benzene rings is 1. The highest BCUT2D eigenvalue weighted by Crippen LogP contribution is 2.36. The van der Waals surface area contributed by atoms with Gasteiger partial charge < -0.3 is 14.8 Å². The standard InChI is InChI=1S/C16H23NO3/c1-4-5-16(6-7-17-11-16)15(18)12-8-13(19-2)10-14(9-12)20-3/h8-10,17H,4-7,11H2,1-3H3. The van der Waals surface area contributed by atoms with Crippen molar-refractivity contribution in [2.75, 3.05) is 27.3 Å². The van der Waals surface area contributed by atoms with E-state index in [9.17, 15) is 4.79 Å². The minimum Gasteiger partial charge on any atom is -0.497 e. The molecule has 0 amide bonds. The first-order valence-electron chi connectivity index (χ1n) is 7.14. The number of ketones is 1. The molecule has 1 aliphatic heterocycles. The van der Waals surface area contributed by atoms with E-state index in [-0.39, 0.29) is 11.2 Å². The fourth-order valence-electron chi connectivity index (χ4n) is 2.99. The maximum atomic E-state index is 12.9. The van der Waals surface area contributed by atoms with Crippen molar-refractivity contribution in [1.82, 2.24) is 5.32 Å². The number of hydrogen-bond acceptors (Lipinski definition) is 4. The van der Waals surface area contributed by atoms with Gasteiger partial charge in [-0.05, 0) is 31.5 Å². The molecule has 1 N–H and O–H groups in total. The Bertz CT molecular complexity index is 456. The third-order valence-electron chi connectivity index (χ3n) is 4.07. The molecule has 1 unspecified atom stereocenters. The molecule has 110 valence electrons. The summed E-state index contributed by atoms with van der Waals surface area (Å²) in [5.41, 5.74) is 0.407. The van der Waals surface area contributed by atoms with Gasteiger partial charge in [-0.2, -0.15) is 0 Å². The van der Waals surface area contributed by atoms with E-state index in [0.29, 0.717) is 17.1 Å². The number of ether oxygens (including phenoxy) is 2. The normalized spacial score (nSPS) is 21.8. The third-order valence-corrected chi connectivity index (χ3v) is 4.07. The molecule has 0 bridgehead atoms. The Morgan fingerprint density at radius 1 is 1.25 bits per heavy atom. The van der Waals surface area contributed by atoms with Gasteiger partial charge in [0.2, 0.25) is 0 Å². The molecule has 0 aliphatic carbocycles. The zero-order valence-electron chi connectivity index (χ0n) is 12.5. The quantitative estimate of drug-likeness (QED) is 0.812. The molecule has 2 rings (SSSR count). The van der Waals surface area contributed by atoms with E-state index in [2.05, 4.69) is 12.2 Å². The first-order valence-corrected chi connectivity index (χ1v) is 7.14. The van der Waals surface area contributed by atoms with Crippen molar-refractivity contribution in [2.24, 2.45) is 5.41 Å². The van der Waals surface area contributed by atoms with Crippen LogP contribution in [0.2, 0.25) is 0 Å². The molecule has 0 radical (unpaired) electrons. The maximum Gasteiger partial charge on any atom is 0.170 e. The molecule has 1 fully saturated rings. The fraction of sp³-hybridized carbons (Fsp3) is 0.562. The second-order valence-electron chi connectivity index (χ2n) is 5.39. The molecule has 1 saturated heterocycles. The van der Waals surface area contributed by atoms with Gasteiger partial charge in [-0.25, -0.2) is 0 Å². The van der Waals surface area contributed by atoms with E-state index < -0.39 is 0 Å². The molecular weight excluding hydrogens is 254 g/mol. The van der Waals surface area contributed by atoms with Crippen LogP contribution in [0.5, 0.6) is 11.5 Å². The highest BCUT2D eigenvalue weighted by atomic mass is 16.5. The summed E-state index contributed by atoms with van der Waals surface area (Å²) in [5.74, 6) is 1.51. The first-order chi connectivity index (χ1) is 9.65. The van der Waals surface area contributed by atoms with Crippen LogP contribution in [0.25, 0.3) is 0 Å². The van der Waals surface area contributed by atoms with Crippen LogP contribution in [0.3, 0.4) is 0 Å². The van der Waals surface area contributed by atoms with E-state index in [1.165, 1.54) is 0 Å². The van der Waals surface area contributed by atoms with Crippen molar-refractivity contribution in [2.45, 2.75) is 26.2 Å². The molecule has 1 heterocycles. The largest absolute Gasteiger partial charge is 0.497 e. The lowest BCUT2D eigenvalue weighted by Crippen LogP contribution is -2.33. The Kier molecular flexibility index (Phi) is 4.65. The van der Waals surface area contributed by atoms with Crippen LogP contribution < -0.4 is 14.8 Å². The molecule has 1 atom stereocenters. The second kappa shape index (κ2) is 6.27. The monoisotopic (exact) mass is 277 g/mol. The minimum absolute atomic E-state index is 0.196. The number of Topliss-reactive ketones (excluding diaryl/α,β-unsaturated/α-hetero) is 1. The summed E-state index contributed by atoms with van der Waals surface area (Å²) in [6, 6.07) is 5.40. The predicted molar refractivity (Wildman–Crippen MR) is 78.7 cm³/mol. The van der Waals surface area contributed by atoms with Crippen molar-refractivity contribution >= 4 is 5.78 Å². The zero-order chi connectivity index (χ0) is 14.6. The molecule has 1 aromatic rings. The van der Waals surface area contributed by atoms with Crippen molar-refractivity contribution in [3.63, 3.8) is 0 Å². The fourth-order valence-corrected chi connectivity index (χ4v) is 2.99. The van der Waals surface area contributed by atoms with Crippen molar-refractivity contribution < 1.29 is 14.3 Å². The van der Waals surface area contributed by atoms with Gasteiger partial charge in [0.15, 0.2) is 5.78 Å². The third kappa shape index (κ3) is 2.80. The lowest BCUT2D eigenvalue weighted by Gasteiger charge is -2.26. The smallest absolute Gasteiger partial charge is 0.170 e. The summed E-state index contributed by atoms with van der Waals surface area (Å²) in [6.45, 7) is 3.80. The topological polar surface area (TPSA) is 47.6 Å². The van der Waals surface area contributed by atoms with Gasteiger partial charge >= 0.3 is 0 Å². The van der Waals surface area contributed by atoms with Crippen LogP contribution in [-0.4, -0.2) is 33.1 Å². The van der Waals surface area contributed by atoms with Gasteiger partial charge in [0, 0.05) is 23.6 Å². The Morgan fingerprint density at radius 3 is 2.35 bits per heavy atom. The Labute approximate surface area is 120 Å². The van der Waals surface area contributed by atoms with E-state index >= 15 is 0 Å². The van der Waals surface area contributed by atoms with Crippen molar-refractivity contribution in [1.29, 1.82) is 0 Å². The van der Waals surface area contributed by atoms with E-state index in [4.69, 9.17) is 9.47 Å². The summed E-state index contributed by atoms with van der Waals surface area (Å²) >= 11 is 0. The number of carbonyl (C=O) groups excluding carboxylic acids is 1. The molecule has 0 saturated carbocycles. The average Bonchev–Trinajstić information content (AvgIpc) is 2.96. The summed E-state index contributed by atoms with van der Waals surface area (Å²) in [6.07, 6.45) is 2.83. The predicted octanol–water partition coefficient (Wildman–Crippen LogP) is 2.67. The van der Waals surface area contributed by atoms with Crippen LogP contribution in [0.4, 0.5) is 0 Å². The summed E-state index contributed by atoms with van der Waals surface area (Å²) in [7, 11) is 3.20. The van der Waals surface area contributed by atoms with Crippen LogP contribution in [-0.2, 0) is 0 Å². The van der Waals surface area contributed by atoms with Gasteiger partial charge in [0.05, 0.1) is 14.2 Å². The van der Waals surface area contributed by atoms with Crippen molar-refractivity contribution in [3.8, 4) is 11.5 Å². The van der Waals surface area contributed by atoms with E-state index in [0.717, 1.165) is 32.4 Å². The molecule has 0 spiro atoms. The molecule has 1 aliphatic rings. The van der Waals surface area contributed by atoms with Gasteiger partial charge in [0.1, 0.15) is 11.5 Å². The average molecular weight is 277 g/mol. The van der Waals surface area contributed by atoms with Crippen LogP contribution >= 0.6 is 0 Å². The molecule has 4 heteroatoms. The Morgan fingerprint density at radius 2 is 1.90 bits per heavy atom. The number of hydrogen-bond donors (Lipinski definition) is 1. The Hall–Kier alpha value is -1.55. The summed E-state index contributed by atoms with van der Waals surface area (Å²) < 4.78 is 10.5. The summed E-state index contributed by atoms with van der Waals surface area (Å²) in [4.78, 5) is 12.9. The number of rotatable bonds is 6. The van der Waals surface area contributed by atoms with Gasteiger partial charge in [0.25, 0.3) is 0 Å². The summed E-state index contributed by atoms with van der Waals surface area (Å²) in [5, 5.41) is 3.32. The van der Waals surface area contributed by atoms with Crippen LogP contribution in [0.15, 0.2) is 18.2 Å². The van der Waals surface area contributed by atoms with E-state index in [1.807, 2.05) is 0 Å². The highest BCUT2D eigenvalue weighted by Gasteiger charge is 2.40. The molecule has 4 nitrogen and oxygen atoms in total. The van der Waals surface area contributed by atoms with Crippen LogP contribution in [0.1, 0.15) is 36.5 Å². The van der Waals surface area contributed by atoms with E-state index in [1.54, 1.807) is 32.4 Å². The first kappa shape index (κ1) is 14.9. The lowest BCUT2D eigenvalue weighted by atomic mass is 9.76. The second-order valence-corrected chi connectivity index (χ2v) is 5.39. The lowest BCUT2D eigenvalue weighted by molar-refractivity contribution is 0.0801. The number of carbonyl (C=O) groups is 1. The van der Waals surface area contributed by atoms with Gasteiger partial charge in [-0.1, -0.05) is 13.3 Å². The maximum absolute atomic E-state index is 12.9. The zero-order valence-corrected chi connectivity index (χ0v) is 12.5. The molecule has 20 heavy (non-hydrogen) atoms. The van der Waals surface area contributed by atoms with Crippen molar-refractivity contribution in [3.05, 3.63) is 23.8 Å². The Balaban J connectivity index is 2.36.